The van der Waals surface area contributed by atoms with Crippen molar-refractivity contribution in [1.29, 1.82) is 0 Å². The fourth-order valence-electron chi connectivity index (χ4n) is 2.29. The van der Waals surface area contributed by atoms with Gasteiger partial charge in [-0.3, -0.25) is 14.7 Å². The lowest BCUT2D eigenvalue weighted by molar-refractivity contribution is -0.146. The van der Waals surface area contributed by atoms with Crippen LogP contribution in [0.1, 0.15) is 12.1 Å². The first-order valence-corrected chi connectivity index (χ1v) is 5.99. The van der Waals surface area contributed by atoms with Gasteiger partial charge in [0.15, 0.2) is 0 Å². The molecule has 18 heavy (non-hydrogen) atoms. The second-order valence-corrected chi connectivity index (χ2v) is 4.38. The third kappa shape index (κ3) is 2.86. The Hall–Kier alpha value is -1.46. The van der Waals surface area contributed by atoms with Gasteiger partial charge in [0, 0.05) is 32.8 Å². The maximum absolute atomic E-state index is 11.7. The molecule has 1 aromatic rings. The maximum Gasteiger partial charge on any atom is 0.323 e. The van der Waals surface area contributed by atoms with E-state index in [1.54, 1.807) is 13.3 Å². The molecule has 5 heteroatoms. The van der Waals surface area contributed by atoms with Gasteiger partial charge < -0.3 is 9.47 Å². The molecule has 98 valence electrons. The van der Waals surface area contributed by atoms with Gasteiger partial charge in [0.05, 0.1) is 18.9 Å². The monoisotopic (exact) mass is 250 g/mol. The molecular formula is C13H18N2O3. The van der Waals surface area contributed by atoms with Gasteiger partial charge in [-0.25, -0.2) is 0 Å². The van der Waals surface area contributed by atoms with E-state index in [-0.39, 0.29) is 18.1 Å². The van der Waals surface area contributed by atoms with Gasteiger partial charge in [-0.15, -0.1) is 0 Å². The third-order valence-electron chi connectivity index (χ3n) is 3.26. The summed E-state index contributed by atoms with van der Waals surface area (Å²) in [6.45, 7) is 1.37. The van der Waals surface area contributed by atoms with Crippen LogP contribution in [-0.4, -0.2) is 48.8 Å². The Kier molecular flexibility index (Phi) is 4.28. The SMILES string of the molecule is COC(=O)[C@H]1C[C@@H](OC)CN1Cc1ccccn1. The fourth-order valence-corrected chi connectivity index (χ4v) is 2.29. The van der Waals surface area contributed by atoms with E-state index in [2.05, 4.69) is 9.88 Å². The van der Waals surface area contributed by atoms with Gasteiger partial charge in [-0.05, 0) is 12.1 Å². The second kappa shape index (κ2) is 5.93. The summed E-state index contributed by atoms with van der Waals surface area (Å²) in [7, 11) is 3.09. The molecule has 0 bridgehead atoms. The number of methoxy groups -OCH3 is 2. The molecule has 2 heterocycles. The predicted molar refractivity (Wildman–Crippen MR) is 65.9 cm³/mol. The summed E-state index contributed by atoms with van der Waals surface area (Å²) in [6, 6.07) is 5.54. The molecule has 2 rings (SSSR count). The summed E-state index contributed by atoms with van der Waals surface area (Å²) in [4.78, 5) is 18.1. The zero-order valence-electron chi connectivity index (χ0n) is 10.7. The minimum Gasteiger partial charge on any atom is -0.468 e. The quantitative estimate of drug-likeness (QED) is 0.741. The van der Waals surface area contributed by atoms with E-state index in [4.69, 9.17) is 9.47 Å². The summed E-state index contributed by atoms with van der Waals surface area (Å²) in [5, 5.41) is 0. The molecule has 1 aliphatic rings. The number of pyridine rings is 1. The van der Waals surface area contributed by atoms with E-state index in [9.17, 15) is 4.79 Å². The minimum absolute atomic E-state index is 0.0813. The highest BCUT2D eigenvalue weighted by atomic mass is 16.5. The molecule has 0 amide bonds. The number of rotatable bonds is 4. The van der Waals surface area contributed by atoms with Gasteiger partial charge in [-0.2, -0.15) is 0 Å². The average Bonchev–Trinajstić information content (AvgIpc) is 2.82. The number of carbonyl (C=O) groups excluding carboxylic acids is 1. The van der Waals surface area contributed by atoms with Gasteiger partial charge in [-0.1, -0.05) is 6.07 Å². The van der Waals surface area contributed by atoms with Crippen molar-refractivity contribution in [3.8, 4) is 0 Å². The van der Waals surface area contributed by atoms with Crippen molar-refractivity contribution in [1.82, 2.24) is 9.88 Å². The largest absolute Gasteiger partial charge is 0.468 e. The highest BCUT2D eigenvalue weighted by molar-refractivity contribution is 5.76. The summed E-state index contributed by atoms with van der Waals surface area (Å²) in [6.07, 6.45) is 2.51. The summed E-state index contributed by atoms with van der Waals surface area (Å²) in [5.41, 5.74) is 0.947. The van der Waals surface area contributed by atoms with Crippen LogP contribution in [-0.2, 0) is 20.8 Å². The number of ether oxygens (including phenoxy) is 2. The normalized spacial score (nSPS) is 24.1. The Morgan fingerprint density at radius 2 is 2.33 bits per heavy atom. The standard InChI is InChI=1S/C13H18N2O3/c1-17-11-7-12(13(16)18-2)15(9-11)8-10-5-3-4-6-14-10/h3-6,11-12H,7-9H2,1-2H3/t11-,12-/m1/s1. The molecule has 2 atom stereocenters. The topological polar surface area (TPSA) is 51.7 Å². The zero-order valence-corrected chi connectivity index (χ0v) is 10.7. The molecule has 0 aliphatic carbocycles. The van der Waals surface area contributed by atoms with Crippen molar-refractivity contribution >= 4 is 5.97 Å². The molecule has 0 unspecified atom stereocenters. The van der Waals surface area contributed by atoms with Crippen LogP contribution in [0.5, 0.6) is 0 Å². The first-order chi connectivity index (χ1) is 8.74. The van der Waals surface area contributed by atoms with Crippen LogP contribution in [0, 0.1) is 0 Å². The molecule has 0 radical (unpaired) electrons. The predicted octanol–water partition coefficient (Wildman–Crippen LogP) is 0.844. The van der Waals surface area contributed by atoms with Crippen molar-refractivity contribution < 1.29 is 14.3 Å². The van der Waals surface area contributed by atoms with Crippen LogP contribution < -0.4 is 0 Å². The molecule has 0 N–H and O–H groups in total. The van der Waals surface area contributed by atoms with E-state index >= 15 is 0 Å². The molecule has 1 aromatic heterocycles. The van der Waals surface area contributed by atoms with Crippen LogP contribution >= 0.6 is 0 Å². The lowest BCUT2D eigenvalue weighted by atomic mass is 10.2. The Morgan fingerprint density at radius 1 is 1.50 bits per heavy atom. The average molecular weight is 250 g/mol. The highest BCUT2D eigenvalue weighted by Crippen LogP contribution is 2.22. The number of esters is 1. The van der Waals surface area contributed by atoms with E-state index < -0.39 is 0 Å². The smallest absolute Gasteiger partial charge is 0.323 e. The number of likely N-dealkylation sites (tertiary alicyclic amines) is 1. The number of nitrogens with zero attached hydrogens (tertiary/aromatic N) is 2. The zero-order chi connectivity index (χ0) is 13.0. The van der Waals surface area contributed by atoms with Crippen molar-refractivity contribution in [3.05, 3.63) is 30.1 Å². The number of carbonyl (C=O) groups is 1. The Bertz CT molecular complexity index is 396. The van der Waals surface area contributed by atoms with Gasteiger partial charge in [0.2, 0.25) is 0 Å². The van der Waals surface area contributed by atoms with E-state index in [0.717, 1.165) is 12.2 Å². The first-order valence-electron chi connectivity index (χ1n) is 5.99. The lowest BCUT2D eigenvalue weighted by Crippen LogP contribution is -2.36. The van der Waals surface area contributed by atoms with Crippen molar-refractivity contribution in [2.24, 2.45) is 0 Å². The maximum atomic E-state index is 11.7. The molecule has 5 nitrogen and oxygen atoms in total. The Labute approximate surface area is 107 Å². The number of hydrogen-bond donors (Lipinski definition) is 0. The molecule has 1 fully saturated rings. The first kappa shape index (κ1) is 13.0. The fraction of sp³-hybridized carbons (Fsp3) is 0.538. The molecule has 0 saturated carbocycles. The van der Waals surface area contributed by atoms with Crippen molar-refractivity contribution in [3.63, 3.8) is 0 Å². The van der Waals surface area contributed by atoms with Crippen molar-refractivity contribution in [2.45, 2.75) is 25.1 Å². The van der Waals surface area contributed by atoms with E-state index in [1.807, 2.05) is 18.2 Å². The summed E-state index contributed by atoms with van der Waals surface area (Å²) >= 11 is 0. The third-order valence-corrected chi connectivity index (χ3v) is 3.26. The molecule has 0 spiro atoms. The summed E-state index contributed by atoms with van der Waals surface area (Å²) in [5.74, 6) is -0.203. The van der Waals surface area contributed by atoms with Crippen LogP contribution in [0.2, 0.25) is 0 Å². The molecular weight excluding hydrogens is 232 g/mol. The van der Waals surface area contributed by atoms with E-state index in [0.29, 0.717) is 13.0 Å². The van der Waals surface area contributed by atoms with Crippen LogP contribution in [0.4, 0.5) is 0 Å². The Balaban J connectivity index is 2.07. The molecule has 0 aromatic carbocycles. The molecule has 1 aliphatic heterocycles. The number of hydrogen-bond acceptors (Lipinski definition) is 5. The van der Waals surface area contributed by atoms with Gasteiger partial charge in [0.1, 0.15) is 6.04 Å². The summed E-state index contributed by atoms with van der Waals surface area (Å²) < 4.78 is 10.2. The minimum atomic E-state index is -0.234. The van der Waals surface area contributed by atoms with Crippen LogP contribution in [0.15, 0.2) is 24.4 Å². The van der Waals surface area contributed by atoms with Gasteiger partial charge >= 0.3 is 5.97 Å². The lowest BCUT2D eigenvalue weighted by Gasteiger charge is -2.21. The van der Waals surface area contributed by atoms with Crippen molar-refractivity contribution in [2.75, 3.05) is 20.8 Å². The van der Waals surface area contributed by atoms with E-state index in [1.165, 1.54) is 7.11 Å². The molecule has 1 saturated heterocycles. The second-order valence-electron chi connectivity index (χ2n) is 4.38. The van der Waals surface area contributed by atoms with Crippen LogP contribution in [0.3, 0.4) is 0 Å². The highest BCUT2D eigenvalue weighted by Gasteiger charge is 2.37. The number of aromatic nitrogens is 1. The van der Waals surface area contributed by atoms with Crippen LogP contribution in [0.25, 0.3) is 0 Å². The van der Waals surface area contributed by atoms with Gasteiger partial charge in [0.25, 0.3) is 0 Å². The Morgan fingerprint density at radius 3 is 2.94 bits per heavy atom.